The molecule has 1 atom stereocenters. The second-order valence-electron chi connectivity index (χ2n) is 5.59. The summed E-state index contributed by atoms with van der Waals surface area (Å²) < 4.78 is 0. The second kappa shape index (κ2) is 6.45. The molecule has 1 aliphatic rings. The predicted molar refractivity (Wildman–Crippen MR) is 86.5 cm³/mol. The van der Waals surface area contributed by atoms with Gasteiger partial charge in [-0.1, -0.05) is 41.7 Å². The van der Waals surface area contributed by atoms with Gasteiger partial charge in [0.25, 0.3) is 0 Å². The van der Waals surface area contributed by atoms with Crippen molar-refractivity contribution < 1.29 is 9.59 Å². The summed E-state index contributed by atoms with van der Waals surface area (Å²) in [5, 5.41) is 9.61. The molecule has 1 saturated heterocycles. The summed E-state index contributed by atoms with van der Waals surface area (Å²) in [6, 6.07) is 9.22. The van der Waals surface area contributed by atoms with E-state index in [1.54, 1.807) is 16.7 Å². The van der Waals surface area contributed by atoms with E-state index >= 15 is 0 Å². The first-order valence-corrected chi connectivity index (χ1v) is 8.27. The van der Waals surface area contributed by atoms with Crippen LogP contribution in [-0.4, -0.2) is 44.4 Å². The van der Waals surface area contributed by atoms with Gasteiger partial charge in [-0.25, -0.2) is 0 Å². The summed E-state index contributed by atoms with van der Waals surface area (Å²) in [5.41, 5.74) is 1.02. The zero-order valence-corrected chi connectivity index (χ0v) is 13.9. The fourth-order valence-electron chi connectivity index (χ4n) is 2.66. The summed E-state index contributed by atoms with van der Waals surface area (Å²) in [6.45, 7) is 4.55. The largest absolute Gasteiger partial charge is 0.327 e. The number of carbonyl (C=O) groups excluding carboxylic acids is 2. The predicted octanol–water partition coefficient (Wildman–Crippen LogP) is 1.61. The molecular weight excluding hydrogens is 312 g/mol. The Kier molecular flexibility index (Phi) is 4.38. The molecule has 0 saturated carbocycles. The molecule has 2 amide bonds. The van der Waals surface area contributed by atoms with E-state index in [9.17, 15) is 9.59 Å². The van der Waals surface area contributed by atoms with Crippen LogP contribution in [0, 0.1) is 6.92 Å². The van der Waals surface area contributed by atoms with Crippen LogP contribution in [0.5, 0.6) is 0 Å². The highest BCUT2D eigenvalue weighted by Gasteiger charge is 2.36. The van der Waals surface area contributed by atoms with Gasteiger partial charge in [0.1, 0.15) is 22.6 Å². The molecule has 0 bridgehead atoms. The average molecular weight is 330 g/mol. The van der Waals surface area contributed by atoms with Crippen LogP contribution in [0.3, 0.4) is 0 Å². The molecule has 23 heavy (non-hydrogen) atoms. The van der Waals surface area contributed by atoms with Gasteiger partial charge >= 0.3 is 0 Å². The number of rotatable bonds is 4. The lowest BCUT2D eigenvalue weighted by Crippen LogP contribution is -2.57. The number of carbonyl (C=O) groups is 2. The molecule has 3 rings (SSSR count). The molecule has 2 aromatic rings. The molecule has 6 nitrogen and oxygen atoms in total. The smallest absolute Gasteiger partial charge is 0.245 e. The lowest BCUT2D eigenvalue weighted by atomic mass is 10.1. The molecule has 2 heterocycles. The van der Waals surface area contributed by atoms with E-state index in [1.165, 1.54) is 11.3 Å². The maximum atomic E-state index is 12.6. The van der Waals surface area contributed by atoms with Crippen molar-refractivity contribution in [3.63, 3.8) is 0 Å². The number of aryl methyl sites for hydroxylation is 1. The van der Waals surface area contributed by atoms with E-state index < -0.39 is 6.04 Å². The Morgan fingerprint density at radius 2 is 1.91 bits per heavy atom. The summed E-state index contributed by atoms with van der Waals surface area (Å²) in [4.78, 5) is 28.2. The van der Waals surface area contributed by atoms with Gasteiger partial charge in [0, 0.05) is 6.54 Å². The SMILES string of the molecule is Cc1nnc(CN2C(=O)CN(Cc3ccccc3)C(=O)[C@H]2C)s1. The molecule has 1 aromatic heterocycles. The van der Waals surface area contributed by atoms with Gasteiger partial charge in [-0.2, -0.15) is 0 Å². The number of hydrogen-bond donors (Lipinski definition) is 0. The minimum absolute atomic E-state index is 0.0327. The zero-order chi connectivity index (χ0) is 16.4. The topological polar surface area (TPSA) is 66.4 Å². The molecule has 0 radical (unpaired) electrons. The minimum atomic E-state index is -0.482. The first kappa shape index (κ1) is 15.6. The normalized spacial score (nSPS) is 18.6. The number of amides is 2. The van der Waals surface area contributed by atoms with Crippen LogP contribution < -0.4 is 0 Å². The summed E-state index contributed by atoms with van der Waals surface area (Å²) in [5.74, 6) is -0.0874. The van der Waals surface area contributed by atoms with Crippen LogP contribution in [0.15, 0.2) is 30.3 Å². The molecule has 7 heteroatoms. The maximum Gasteiger partial charge on any atom is 0.245 e. The van der Waals surface area contributed by atoms with Crippen LogP contribution >= 0.6 is 11.3 Å². The van der Waals surface area contributed by atoms with Crippen molar-refractivity contribution in [3.8, 4) is 0 Å². The van der Waals surface area contributed by atoms with Crippen LogP contribution in [-0.2, 0) is 22.7 Å². The average Bonchev–Trinajstić information content (AvgIpc) is 2.95. The van der Waals surface area contributed by atoms with E-state index in [-0.39, 0.29) is 18.4 Å². The summed E-state index contributed by atoms with van der Waals surface area (Å²) in [6.07, 6.45) is 0. The van der Waals surface area contributed by atoms with Gasteiger partial charge in [-0.05, 0) is 19.4 Å². The lowest BCUT2D eigenvalue weighted by Gasteiger charge is -2.38. The Balaban J connectivity index is 1.71. The fraction of sp³-hybridized carbons (Fsp3) is 0.375. The molecule has 1 aromatic carbocycles. The molecule has 120 valence electrons. The van der Waals surface area contributed by atoms with Crippen molar-refractivity contribution in [2.75, 3.05) is 6.54 Å². The third-order valence-corrected chi connectivity index (χ3v) is 4.70. The van der Waals surface area contributed by atoms with E-state index in [1.807, 2.05) is 37.3 Å². The fourth-order valence-corrected chi connectivity index (χ4v) is 3.36. The van der Waals surface area contributed by atoms with Crippen LogP contribution in [0.1, 0.15) is 22.5 Å². The van der Waals surface area contributed by atoms with Gasteiger partial charge in [0.2, 0.25) is 11.8 Å². The quantitative estimate of drug-likeness (QED) is 0.854. The number of benzene rings is 1. The molecule has 0 spiro atoms. The Labute approximate surface area is 138 Å². The van der Waals surface area contributed by atoms with Gasteiger partial charge in [-0.3, -0.25) is 9.59 Å². The first-order valence-electron chi connectivity index (χ1n) is 7.46. The lowest BCUT2D eigenvalue weighted by molar-refractivity contribution is -0.156. The third kappa shape index (κ3) is 3.39. The van der Waals surface area contributed by atoms with E-state index in [0.29, 0.717) is 13.1 Å². The number of hydrogen-bond acceptors (Lipinski definition) is 5. The standard InChI is InChI=1S/C16H18N4O2S/c1-11-16(22)19(8-13-6-4-3-5-7-13)10-15(21)20(11)9-14-18-17-12(2)23-14/h3-7,11H,8-10H2,1-2H3/t11-/m1/s1. The van der Waals surface area contributed by atoms with Gasteiger partial charge in [-0.15, -0.1) is 10.2 Å². The Hall–Kier alpha value is -2.28. The first-order chi connectivity index (χ1) is 11.0. The van der Waals surface area contributed by atoms with Gasteiger partial charge in [0.05, 0.1) is 6.54 Å². The number of piperazine rings is 1. The summed E-state index contributed by atoms with van der Waals surface area (Å²) in [7, 11) is 0. The molecule has 0 N–H and O–H groups in total. The molecule has 1 fully saturated rings. The van der Waals surface area contributed by atoms with Crippen LogP contribution in [0.2, 0.25) is 0 Å². The highest BCUT2D eigenvalue weighted by Crippen LogP contribution is 2.19. The second-order valence-corrected chi connectivity index (χ2v) is 6.86. The van der Waals surface area contributed by atoms with E-state index in [2.05, 4.69) is 10.2 Å². The Morgan fingerprint density at radius 1 is 1.17 bits per heavy atom. The van der Waals surface area contributed by atoms with Crippen molar-refractivity contribution in [2.45, 2.75) is 33.0 Å². The van der Waals surface area contributed by atoms with Crippen LogP contribution in [0.4, 0.5) is 0 Å². The Bertz CT molecular complexity index is 716. The minimum Gasteiger partial charge on any atom is -0.327 e. The van der Waals surface area contributed by atoms with E-state index in [0.717, 1.165) is 15.6 Å². The van der Waals surface area contributed by atoms with Crippen molar-refractivity contribution >= 4 is 23.2 Å². The van der Waals surface area contributed by atoms with Gasteiger partial charge in [0.15, 0.2) is 0 Å². The Morgan fingerprint density at radius 3 is 2.57 bits per heavy atom. The van der Waals surface area contributed by atoms with Crippen molar-refractivity contribution in [3.05, 3.63) is 45.9 Å². The van der Waals surface area contributed by atoms with Crippen molar-refractivity contribution in [1.29, 1.82) is 0 Å². The highest BCUT2D eigenvalue weighted by molar-refractivity contribution is 7.11. The molecule has 0 aliphatic carbocycles. The molecule has 0 unspecified atom stereocenters. The van der Waals surface area contributed by atoms with Gasteiger partial charge < -0.3 is 9.80 Å². The van der Waals surface area contributed by atoms with E-state index in [4.69, 9.17) is 0 Å². The molecular formula is C16H18N4O2S. The van der Waals surface area contributed by atoms with Crippen molar-refractivity contribution in [1.82, 2.24) is 20.0 Å². The molecule has 1 aliphatic heterocycles. The monoisotopic (exact) mass is 330 g/mol. The number of nitrogens with zero attached hydrogens (tertiary/aromatic N) is 4. The third-order valence-electron chi connectivity index (χ3n) is 3.87. The van der Waals surface area contributed by atoms with Crippen LogP contribution in [0.25, 0.3) is 0 Å². The maximum absolute atomic E-state index is 12.6. The highest BCUT2D eigenvalue weighted by atomic mass is 32.1. The zero-order valence-electron chi connectivity index (χ0n) is 13.1. The van der Waals surface area contributed by atoms with Crippen molar-refractivity contribution in [2.24, 2.45) is 0 Å². The number of aromatic nitrogens is 2. The summed E-state index contributed by atoms with van der Waals surface area (Å²) >= 11 is 1.45.